The van der Waals surface area contributed by atoms with Gasteiger partial charge >= 0.3 is 6.09 Å². The second-order valence-corrected chi connectivity index (χ2v) is 15.1. The lowest BCUT2D eigenvalue weighted by Crippen LogP contribution is -2.74. The summed E-state index contributed by atoms with van der Waals surface area (Å²) in [6.07, 6.45) is 1.76. The molecule has 0 radical (unpaired) electrons. The Bertz CT molecular complexity index is 1250. The number of fused-ring (bicyclic) bond motifs is 1. The van der Waals surface area contributed by atoms with Crippen LogP contribution in [0, 0.1) is 28.8 Å². The Labute approximate surface area is 253 Å². The van der Waals surface area contributed by atoms with E-state index in [1.165, 1.54) is 0 Å². The van der Waals surface area contributed by atoms with Crippen molar-refractivity contribution in [2.75, 3.05) is 19.6 Å². The molecule has 2 heterocycles. The van der Waals surface area contributed by atoms with Crippen molar-refractivity contribution in [1.29, 1.82) is 0 Å². The van der Waals surface area contributed by atoms with Crippen LogP contribution in [-0.4, -0.2) is 65.1 Å². The summed E-state index contributed by atoms with van der Waals surface area (Å²) in [6.45, 7) is 17.6. The number of Topliss-reactive ketones (excluding diaryl/α,β-unsaturated/α-hetero) is 1. The number of ether oxygens (including phenoxy) is 1. The number of carbonyl (C=O) groups is 2. The minimum Gasteiger partial charge on any atom is -0.444 e. The van der Waals surface area contributed by atoms with Gasteiger partial charge in [-0.15, -0.1) is 0 Å². The molecule has 1 aromatic carbocycles. The van der Waals surface area contributed by atoms with Gasteiger partial charge in [-0.2, -0.15) is 0 Å². The van der Waals surface area contributed by atoms with Crippen LogP contribution in [0.1, 0.15) is 99.1 Å². The Morgan fingerprint density at radius 1 is 1.07 bits per heavy atom. The van der Waals surface area contributed by atoms with Crippen molar-refractivity contribution in [2.45, 2.75) is 116 Å². The number of halogens is 3. The van der Waals surface area contributed by atoms with Gasteiger partial charge in [-0.3, -0.25) is 15.1 Å². The largest absolute Gasteiger partial charge is 0.444 e. The van der Waals surface area contributed by atoms with Crippen molar-refractivity contribution < 1.29 is 27.5 Å². The number of benzene rings is 1. The van der Waals surface area contributed by atoms with Crippen LogP contribution in [0.25, 0.3) is 0 Å². The minimum absolute atomic E-state index is 0.0197. The predicted molar refractivity (Wildman–Crippen MR) is 160 cm³/mol. The molecule has 43 heavy (non-hydrogen) atoms. The third-order valence-corrected chi connectivity index (χ3v) is 8.01. The molecule has 3 N–H and O–H groups in total. The fourth-order valence-corrected chi connectivity index (χ4v) is 6.82. The van der Waals surface area contributed by atoms with Crippen LogP contribution in [0.3, 0.4) is 0 Å². The van der Waals surface area contributed by atoms with Crippen molar-refractivity contribution >= 4 is 17.7 Å². The number of nitrogens with one attached hydrogen (secondary N) is 3. The van der Waals surface area contributed by atoms with Crippen molar-refractivity contribution in [3.63, 3.8) is 0 Å². The molecule has 0 aromatic heterocycles. The van der Waals surface area contributed by atoms with Gasteiger partial charge in [-0.05, 0) is 77.7 Å². The highest BCUT2D eigenvalue weighted by Gasteiger charge is 2.61. The molecular formula is C32H48F3N5O3. The van der Waals surface area contributed by atoms with Gasteiger partial charge in [0.2, 0.25) is 0 Å². The summed E-state index contributed by atoms with van der Waals surface area (Å²) in [5.74, 6) is -2.64. The molecule has 1 saturated carbocycles. The first-order valence-corrected chi connectivity index (χ1v) is 15.3. The average Bonchev–Trinajstić information content (AvgIpc) is 3.64. The standard InChI is InChI=1S/C32H48F3N5O3/c1-29(2,3)18-31(7,8)39-32(27(19-9-10-19)38-26-17-36-13-14-40(26)32)25(41)12-11-24(37-28(42)43-30(4,5)6)20-15-22(34)23(35)16-21(20)33/h15-16,19,24,27,36,39H,9-14,17-18H2,1-8H3,(H,37,42)/t24?,27?,32-/m0/s1. The highest BCUT2D eigenvalue weighted by atomic mass is 19.2. The number of amidine groups is 1. The zero-order valence-corrected chi connectivity index (χ0v) is 26.8. The number of ketones is 1. The molecule has 1 amide bonds. The highest BCUT2D eigenvalue weighted by molar-refractivity contribution is 5.99. The zero-order valence-electron chi connectivity index (χ0n) is 26.8. The molecule has 2 unspecified atom stereocenters. The molecule has 1 saturated heterocycles. The van der Waals surface area contributed by atoms with E-state index in [4.69, 9.17) is 9.73 Å². The van der Waals surface area contributed by atoms with E-state index in [1.54, 1.807) is 20.8 Å². The maximum Gasteiger partial charge on any atom is 0.408 e. The molecule has 1 aromatic rings. The molecule has 11 heteroatoms. The van der Waals surface area contributed by atoms with Crippen LogP contribution in [0.5, 0.6) is 0 Å². The zero-order chi connectivity index (χ0) is 32.0. The second-order valence-electron chi connectivity index (χ2n) is 15.1. The van der Waals surface area contributed by atoms with Gasteiger partial charge in [0.15, 0.2) is 23.1 Å². The maximum absolute atomic E-state index is 15.0. The van der Waals surface area contributed by atoms with Crippen molar-refractivity contribution in [3.8, 4) is 0 Å². The van der Waals surface area contributed by atoms with Crippen LogP contribution in [-0.2, 0) is 9.53 Å². The fraction of sp³-hybridized carbons (Fsp3) is 0.719. The summed E-state index contributed by atoms with van der Waals surface area (Å²) in [5, 5.41) is 9.76. The number of hydrogen-bond acceptors (Lipinski definition) is 7. The lowest BCUT2D eigenvalue weighted by Gasteiger charge is -2.49. The Morgan fingerprint density at radius 3 is 2.33 bits per heavy atom. The van der Waals surface area contributed by atoms with E-state index in [0.29, 0.717) is 25.7 Å². The normalized spacial score (nSPS) is 23.5. The number of piperazine rings is 1. The minimum atomic E-state index is -1.33. The molecule has 4 rings (SSSR count). The number of alkyl carbamates (subject to hydrolysis) is 1. The van der Waals surface area contributed by atoms with Gasteiger partial charge in [-0.25, -0.2) is 18.0 Å². The molecule has 3 aliphatic rings. The van der Waals surface area contributed by atoms with Gasteiger partial charge in [-0.1, -0.05) is 20.8 Å². The molecule has 2 aliphatic heterocycles. The van der Waals surface area contributed by atoms with E-state index in [9.17, 15) is 18.4 Å². The van der Waals surface area contributed by atoms with E-state index in [2.05, 4.69) is 55.5 Å². The molecular weight excluding hydrogens is 559 g/mol. The number of aliphatic imine (C=N–C) groups is 1. The second kappa shape index (κ2) is 12.0. The lowest BCUT2D eigenvalue weighted by molar-refractivity contribution is -0.134. The highest BCUT2D eigenvalue weighted by Crippen LogP contribution is 2.46. The summed E-state index contributed by atoms with van der Waals surface area (Å²) in [4.78, 5) is 34.7. The van der Waals surface area contributed by atoms with Crippen molar-refractivity contribution in [2.24, 2.45) is 16.3 Å². The van der Waals surface area contributed by atoms with Gasteiger partial charge in [0, 0.05) is 36.7 Å². The van der Waals surface area contributed by atoms with Crippen LogP contribution in [0.2, 0.25) is 0 Å². The number of hydrogen-bond donors (Lipinski definition) is 3. The van der Waals surface area contributed by atoms with E-state index in [1.807, 2.05) is 0 Å². The smallest absolute Gasteiger partial charge is 0.408 e. The monoisotopic (exact) mass is 607 g/mol. The van der Waals surface area contributed by atoms with Crippen LogP contribution < -0.4 is 16.0 Å². The van der Waals surface area contributed by atoms with E-state index in [0.717, 1.165) is 31.2 Å². The van der Waals surface area contributed by atoms with Crippen LogP contribution >= 0.6 is 0 Å². The first-order valence-electron chi connectivity index (χ1n) is 15.3. The fourth-order valence-electron chi connectivity index (χ4n) is 6.82. The quantitative estimate of drug-likeness (QED) is 0.299. The SMILES string of the molecule is CC(C)(C)CC(C)(C)N[C@]1(C(=O)CCC(NC(=O)OC(C)(C)C)c2cc(F)c(F)cc2F)C(C2CC2)N=C2CNCCN21. The summed E-state index contributed by atoms with van der Waals surface area (Å²) in [7, 11) is 0. The van der Waals surface area contributed by atoms with E-state index >= 15 is 4.39 Å². The first-order chi connectivity index (χ1) is 19.8. The lowest BCUT2D eigenvalue weighted by atomic mass is 9.78. The van der Waals surface area contributed by atoms with Crippen LogP contribution in [0.4, 0.5) is 18.0 Å². The molecule has 0 bridgehead atoms. The number of rotatable bonds is 10. The number of carbonyl (C=O) groups excluding carboxylic acids is 2. The van der Waals surface area contributed by atoms with E-state index < -0.39 is 46.4 Å². The molecule has 8 nitrogen and oxygen atoms in total. The summed E-state index contributed by atoms with van der Waals surface area (Å²) >= 11 is 0. The summed E-state index contributed by atoms with van der Waals surface area (Å²) < 4.78 is 48.5. The van der Waals surface area contributed by atoms with Crippen molar-refractivity contribution in [3.05, 3.63) is 35.1 Å². The predicted octanol–water partition coefficient (Wildman–Crippen LogP) is 5.62. The third-order valence-electron chi connectivity index (χ3n) is 8.01. The third kappa shape index (κ3) is 7.90. The molecule has 2 fully saturated rings. The number of nitrogens with zero attached hydrogens (tertiary/aromatic N) is 2. The Morgan fingerprint density at radius 2 is 1.72 bits per heavy atom. The topological polar surface area (TPSA) is 95.1 Å². The average molecular weight is 608 g/mol. The Balaban J connectivity index is 1.69. The Kier molecular flexibility index (Phi) is 9.30. The van der Waals surface area contributed by atoms with Crippen LogP contribution in [0.15, 0.2) is 17.1 Å². The van der Waals surface area contributed by atoms with Gasteiger partial charge in [0.25, 0.3) is 0 Å². The summed E-state index contributed by atoms with van der Waals surface area (Å²) in [5.41, 5.74) is -2.69. The first kappa shape index (κ1) is 33.2. The Hall–Kier alpha value is -2.66. The maximum atomic E-state index is 15.0. The molecule has 0 spiro atoms. The number of amides is 1. The van der Waals surface area contributed by atoms with E-state index in [-0.39, 0.29) is 41.6 Å². The van der Waals surface area contributed by atoms with Gasteiger partial charge < -0.3 is 20.3 Å². The summed E-state index contributed by atoms with van der Waals surface area (Å²) in [6, 6.07) is -0.253. The molecule has 240 valence electrons. The van der Waals surface area contributed by atoms with Gasteiger partial charge in [0.05, 0.1) is 18.6 Å². The molecule has 3 atom stereocenters. The van der Waals surface area contributed by atoms with Gasteiger partial charge in [0.1, 0.15) is 17.3 Å². The van der Waals surface area contributed by atoms with Crippen molar-refractivity contribution in [1.82, 2.24) is 20.9 Å². The molecule has 1 aliphatic carbocycles.